The van der Waals surface area contributed by atoms with E-state index in [2.05, 4.69) is 10.3 Å². The molecule has 6 heteroatoms. The topological polar surface area (TPSA) is 56.7 Å². The van der Waals surface area contributed by atoms with E-state index >= 15 is 0 Å². The molecular weight excluding hydrogens is 255 g/mol. The third-order valence-electron chi connectivity index (χ3n) is 2.65. The van der Waals surface area contributed by atoms with E-state index in [9.17, 15) is 4.39 Å². The summed E-state index contributed by atoms with van der Waals surface area (Å²) >= 11 is 5.67. The fourth-order valence-corrected chi connectivity index (χ4v) is 1.95. The van der Waals surface area contributed by atoms with Gasteiger partial charge in [-0.1, -0.05) is 28.9 Å². The van der Waals surface area contributed by atoms with Crippen LogP contribution in [0.15, 0.2) is 36.4 Å². The van der Waals surface area contributed by atoms with Gasteiger partial charge in [-0.15, -0.1) is 5.10 Å². The Kier molecular flexibility index (Phi) is 2.41. The van der Waals surface area contributed by atoms with Crippen LogP contribution in [0.1, 0.15) is 0 Å². The summed E-state index contributed by atoms with van der Waals surface area (Å²) in [4.78, 5) is 0. The standard InChI is InChI=1S/C12H8ClFN4/c13-7-5-9(15)12(6-8(7)14)18-11-4-2-1-3-10(11)16-17-18/h1-6H,15H2. The minimum atomic E-state index is -0.541. The molecular formula is C12H8ClFN4. The van der Waals surface area contributed by atoms with Gasteiger partial charge in [0, 0.05) is 6.07 Å². The Bertz CT molecular complexity index is 738. The van der Waals surface area contributed by atoms with Crippen LogP contribution in [0.2, 0.25) is 5.02 Å². The van der Waals surface area contributed by atoms with Gasteiger partial charge < -0.3 is 5.73 Å². The number of fused-ring (bicyclic) bond motifs is 1. The molecule has 0 amide bonds. The molecule has 0 bridgehead atoms. The highest BCUT2D eigenvalue weighted by atomic mass is 35.5. The molecule has 0 unspecified atom stereocenters. The molecule has 0 aliphatic carbocycles. The van der Waals surface area contributed by atoms with Crippen molar-refractivity contribution in [1.29, 1.82) is 0 Å². The number of hydrogen-bond acceptors (Lipinski definition) is 3. The molecule has 0 saturated heterocycles. The predicted molar refractivity (Wildman–Crippen MR) is 68.2 cm³/mol. The number of halogens is 2. The van der Waals surface area contributed by atoms with Crippen LogP contribution in [0.4, 0.5) is 10.1 Å². The van der Waals surface area contributed by atoms with Gasteiger partial charge in [-0.2, -0.15) is 0 Å². The summed E-state index contributed by atoms with van der Waals surface area (Å²) in [6.07, 6.45) is 0. The van der Waals surface area contributed by atoms with E-state index < -0.39 is 5.82 Å². The average Bonchev–Trinajstić information content (AvgIpc) is 2.78. The van der Waals surface area contributed by atoms with E-state index in [0.717, 1.165) is 5.52 Å². The highest BCUT2D eigenvalue weighted by Crippen LogP contribution is 2.26. The van der Waals surface area contributed by atoms with Gasteiger partial charge in [0.2, 0.25) is 0 Å². The van der Waals surface area contributed by atoms with Crippen molar-refractivity contribution >= 4 is 28.3 Å². The van der Waals surface area contributed by atoms with Crippen molar-refractivity contribution in [2.45, 2.75) is 0 Å². The van der Waals surface area contributed by atoms with Gasteiger partial charge in [-0.3, -0.25) is 0 Å². The molecule has 18 heavy (non-hydrogen) atoms. The van der Waals surface area contributed by atoms with Gasteiger partial charge in [0.05, 0.1) is 21.9 Å². The van der Waals surface area contributed by atoms with Gasteiger partial charge in [-0.05, 0) is 18.2 Å². The quantitative estimate of drug-likeness (QED) is 0.686. The van der Waals surface area contributed by atoms with Crippen molar-refractivity contribution in [3.63, 3.8) is 0 Å². The molecule has 0 aliphatic rings. The molecule has 0 saturated carbocycles. The van der Waals surface area contributed by atoms with E-state index in [1.165, 1.54) is 16.8 Å². The monoisotopic (exact) mass is 262 g/mol. The molecule has 2 aromatic carbocycles. The molecule has 4 nitrogen and oxygen atoms in total. The second-order valence-corrected chi connectivity index (χ2v) is 4.22. The minimum Gasteiger partial charge on any atom is -0.397 e. The summed E-state index contributed by atoms with van der Waals surface area (Å²) in [5, 5.41) is 7.95. The molecule has 0 aliphatic heterocycles. The second kappa shape index (κ2) is 3.96. The first kappa shape index (κ1) is 11.0. The average molecular weight is 263 g/mol. The molecule has 90 valence electrons. The Morgan fingerprint density at radius 1 is 1.22 bits per heavy atom. The first-order valence-electron chi connectivity index (χ1n) is 5.22. The lowest BCUT2D eigenvalue weighted by molar-refractivity contribution is 0.626. The maximum atomic E-state index is 13.5. The third-order valence-corrected chi connectivity index (χ3v) is 2.94. The fraction of sp³-hybridized carbons (Fsp3) is 0. The van der Waals surface area contributed by atoms with Gasteiger partial charge >= 0.3 is 0 Å². The van der Waals surface area contributed by atoms with Crippen LogP contribution in [-0.2, 0) is 0 Å². The van der Waals surface area contributed by atoms with Crippen LogP contribution in [-0.4, -0.2) is 15.0 Å². The number of nitrogen functional groups attached to an aromatic ring is 1. The van der Waals surface area contributed by atoms with Crippen LogP contribution in [0.5, 0.6) is 0 Å². The van der Waals surface area contributed by atoms with Crippen LogP contribution in [0.25, 0.3) is 16.7 Å². The van der Waals surface area contributed by atoms with E-state index in [1.54, 1.807) is 0 Å². The van der Waals surface area contributed by atoms with Crippen molar-refractivity contribution in [1.82, 2.24) is 15.0 Å². The van der Waals surface area contributed by atoms with E-state index in [4.69, 9.17) is 17.3 Å². The SMILES string of the molecule is Nc1cc(Cl)c(F)cc1-n1nnc2ccccc21. The first-order chi connectivity index (χ1) is 8.66. The van der Waals surface area contributed by atoms with E-state index in [-0.39, 0.29) is 5.02 Å². The number of benzene rings is 2. The number of rotatable bonds is 1. The maximum Gasteiger partial charge on any atom is 0.144 e. The van der Waals surface area contributed by atoms with Gasteiger partial charge in [0.25, 0.3) is 0 Å². The molecule has 3 rings (SSSR count). The lowest BCUT2D eigenvalue weighted by Gasteiger charge is -2.07. The smallest absolute Gasteiger partial charge is 0.144 e. The Labute approximate surface area is 107 Å². The van der Waals surface area contributed by atoms with E-state index in [1.807, 2.05) is 24.3 Å². The zero-order valence-electron chi connectivity index (χ0n) is 9.14. The number of aromatic nitrogens is 3. The maximum absolute atomic E-state index is 13.5. The number of hydrogen-bond donors (Lipinski definition) is 1. The Morgan fingerprint density at radius 2 is 2.00 bits per heavy atom. The second-order valence-electron chi connectivity index (χ2n) is 3.82. The van der Waals surface area contributed by atoms with Crippen molar-refractivity contribution in [3.8, 4) is 5.69 Å². The highest BCUT2D eigenvalue weighted by Gasteiger charge is 2.12. The van der Waals surface area contributed by atoms with Gasteiger partial charge in [-0.25, -0.2) is 9.07 Å². The van der Waals surface area contributed by atoms with E-state index in [0.29, 0.717) is 16.9 Å². The van der Waals surface area contributed by atoms with Crippen LogP contribution in [0.3, 0.4) is 0 Å². The van der Waals surface area contributed by atoms with Crippen molar-refractivity contribution < 1.29 is 4.39 Å². The van der Waals surface area contributed by atoms with Crippen molar-refractivity contribution in [3.05, 3.63) is 47.2 Å². The molecule has 0 fully saturated rings. The Morgan fingerprint density at radius 3 is 2.83 bits per heavy atom. The molecule has 0 spiro atoms. The first-order valence-corrected chi connectivity index (χ1v) is 5.60. The largest absolute Gasteiger partial charge is 0.397 e. The summed E-state index contributed by atoms with van der Waals surface area (Å²) in [7, 11) is 0. The number of nitrogens with zero attached hydrogens (tertiary/aromatic N) is 3. The molecule has 0 radical (unpaired) electrons. The zero-order valence-corrected chi connectivity index (χ0v) is 9.89. The highest BCUT2D eigenvalue weighted by molar-refractivity contribution is 6.31. The summed E-state index contributed by atoms with van der Waals surface area (Å²) in [6, 6.07) is 9.97. The van der Waals surface area contributed by atoms with Crippen LogP contribution < -0.4 is 5.73 Å². The number of anilines is 1. The molecule has 3 aromatic rings. The Balaban J connectivity index is 2.29. The number of para-hydroxylation sites is 1. The normalized spacial score (nSPS) is 11.0. The lowest BCUT2D eigenvalue weighted by Crippen LogP contribution is -2.02. The summed E-state index contributed by atoms with van der Waals surface area (Å²) in [5.41, 5.74) is 8.07. The molecule has 1 aromatic heterocycles. The van der Waals surface area contributed by atoms with Crippen molar-refractivity contribution in [2.24, 2.45) is 0 Å². The Hall–Kier alpha value is -2.14. The minimum absolute atomic E-state index is 0.0133. The molecule has 0 atom stereocenters. The molecule has 2 N–H and O–H groups in total. The summed E-state index contributed by atoms with van der Waals surface area (Å²) in [5.74, 6) is -0.541. The van der Waals surface area contributed by atoms with Gasteiger partial charge in [0.15, 0.2) is 0 Å². The third kappa shape index (κ3) is 1.60. The lowest BCUT2D eigenvalue weighted by atomic mass is 10.2. The van der Waals surface area contributed by atoms with Crippen LogP contribution >= 0.6 is 11.6 Å². The summed E-state index contributed by atoms with van der Waals surface area (Å²) < 4.78 is 15.0. The fourth-order valence-electron chi connectivity index (χ4n) is 1.78. The zero-order chi connectivity index (χ0) is 12.7. The van der Waals surface area contributed by atoms with Crippen molar-refractivity contribution in [2.75, 3.05) is 5.73 Å². The number of nitrogens with two attached hydrogens (primary N) is 1. The van der Waals surface area contributed by atoms with Crippen LogP contribution in [0, 0.1) is 5.82 Å². The van der Waals surface area contributed by atoms with Gasteiger partial charge in [0.1, 0.15) is 11.3 Å². The predicted octanol–water partition coefficient (Wildman–Crippen LogP) is 2.80. The summed E-state index contributed by atoms with van der Waals surface area (Å²) in [6.45, 7) is 0. The molecule has 1 heterocycles.